The van der Waals surface area contributed by atoms with Gasteiger partial charge in [0.2, 0.25) is 0 Å². The van der Waals surface area contributed by atoms with E-state index in [9.17, 15) is 13.2 Å². The van der Waals surface area contributed by atoms with E-state index in [0.29, 0.717) is 29.2 Å². The summed E-state index contributed by atoms with van der Waals surface area (Å²) < 4.78 is 50.9. The molecule has 0 heterocycles. The molecule has 0 saturated heterocycles. The zero-order chi connectivity index (χ0) is 15.6. The molecule has 0 N–H and O–H groups in total. The van der Waals surface area contributed by atoms with E-state index < -0.39 is 22.3 Å². The van der Waals surface area contributed by atoms with E-state index in [1.54, 1.807) is 18.2 Å². The number of hydrogen-bond acceptors (Lipinski definition) is 2. The highest BCUT2D eigenvalue weighted by Crippen LogP contribution is 2.37. The summed E-state index contributed by atoms with van der Waals surface area (Å²) in [5.41, 5.74) is 0.252. The summed E-state index contributed by atoms with van der Waals surface area (Å²) in [6, 6.07) is 6.16. The van der Waals surface area contributed by atoms with Gasteiger partial charge in [-0.15, -0.1) is 0 Å². The zero-order valence-corrected chi connectivity index (χ0v) is 12.9. The maximum absolute atomic E-state index is 13.8. The summed E-state index contributed by atoms with van der Waals surface area (Å²) in [5, 5.41) is 0. The molecule has 0 bridgehead atoms. The van der Waals surface area contributed by atoms with Gasteiger partial charge in [-0.2, -0.15) is 0 Å². The Morgan fingerprint density at radius 2 is 1.33 bits per heavy atom. The van der Waals surface area contributed by atoms with Gasteiger partial charge in [-0.05, 0) is 17.7 Å². The smallest absolute Gasteiger partial charge is 0.133 e. The maximum atomic E-state index is 13.8. The topological polar surface area (TPSA) is 18.5 Å². The van der Waals surface area contributed by atoms with E-state index in [2.05, 4.69) is 15.9 Å². The minimum atomic E-state index is -0.962. The third-order valence-corrected chi connectivity index (χ3v) is 3.95. The molecule has 1 atom stereocenters. The molecule has 21 heavy (non-hydrogen) atoms. The molecule has 0 spiro atoms. The van der Waals surface area contributed by atoms with Crippen molar-refractivity contribution in [3.8, 4) is 11.5 Å². The van der Waals surface area contributed by atoms with Gasteiger partial charge in [0.15, 0.2) is 0 Å². The van der Waals surface area contributed by atoms with Crippen LogP contribution in [0.4, 0.5) is 13.2 Å². The number of alkyl halides is 1. The molecule has 0 fully saturated rings. The van der Waals surface area contributed by atoms with Gasteiger partial charge >= 0.3 is 0 Å². The quantitative estimate of drug-likeness (QED) is 0.741. The minimum Gasteiger partial charge on any atom is -0.497 e. The first-order valence-electron chi connectivity index (χ1n) is 5.97. The van der Waals surface area contributed by atoms with Crippen molar-refractivity contribution in [2.24, 2.45) is 0 Å². The molecule has 0 radical (unpaired) electrons. The van der Waals surface area contributed by atoms with Crippen molar-refractivity contribution in [1.82, 2.24) is 0 Å². The van der Waals surface area contributed by atoms with Crippen molar-refractivity contribution < 1.29 is 22.6 Å². The Morgan fingerprint density at radius 3 is 1.76 bits per heavy atom. The van der Waals surface area contributed by atoms with Gasteiger partial charge in [0, 0.05) is 23.8 Å². The highest BCUT2D eigenvalue weighted by atomic mass is 79.9. The largest absolute Gasteiger partial charge is 0.497 e. The second kappa shape index (κ2) is 6.39. The van der Waals surface area contributed by atoms with E-state index in [0.717, 1.165) is 0 Å². The van der Waals surface area contributed by atoms with Crippen LogP contribution in [0.1, 0.15) is 16.0 Å². The lowest BCUT2D eigenvalue weighted by Crippen LogP contribution is -2.02. The average molecular weight is 361 g/mol. The van der Waals surface area contributed by atoms with Gasteiger partial charge in [0.25, 0.3) is 0 Å². The van der Waals surface area contributed by atoms with E-state index in [4.69, 9.17) is 9.47 Å². The second-order valence-corrected chi connectivity index (χ2v) is 5.21. The lowest BCUT2D eigenvalue weighted by atomic mass is 10.0. The molecule has 112 valence electrons. The van der Waals surface area contributed by atoms with Gasteiger partial charge in [0.1, 0.15) is 29.0 Å². The standard InChI is InChI=1S/C15H12BrF3O2/c1-20-10-3-8(4-11(7-10)21-2)15(16)14-12(18)5-9(17)6-13(14)19/h3-7,15H,1-2H3. The average Bonchev–Trinajstić information content (AvgIpc) is 2.45. The molecule has 0 saturated carbocycles. The van der Waals surface area contributed by atoms with E-state index >= 15 is 0 Å². The highest BCUT2D eigenvalue weighted by molar-refractivity contribution is 9.09. The Labute approximate surface area is 128 Å². The molecule has 0 aliphatic rings. The molecule has 0 amide bonds. The van der Waals surface area contributed by atoms with E-state index in [-0.39, 0.29) is 5.56 Å². The summed E-state index contributed by atoms with van der Waals surface area (Å²) in [6.07, 6.45) is 0. The van der Waals surface area contributed by atoms with Crippen molar-refractivity contribution in [1.29, 1.82) is 0 Å². The van der Waals surface area contributed by atoms with Crippen LogP contribution >= 0.6 is 15.9 Å². The summed E-state index contributed by atoms with van der Waals surface area (Å²) in [6.45, 7) is 0. The molecule has 0 aromatic heterocycles. The summed E-state index contributed by atoms with van der Waals surface area (Å²) in [4.78, 5) is -0.804. The Kier molecular flexibility index (Phi) is 4.77. The first-order chi connectivity index (χ1) is 9.96. The molecule has 0 aliphatic heterocycles. The predicted molar refractivity (Wildman–Crippen MR) is 76.6 cm³/mol. The monoisotopic (exact) mass is 360 g/mol. The van der Waals surface area contributed by atoms with Gasteiger partial charge in [-0.3, -0.25) is 0 Å². The third-order valence-electron chi connectivity index (χ3n) is 2.96. The summed E-state index contributed by atoms with van der Waals surface area (Å²) in [7, 11) is 2.95. The third kappa shape index (κ3) is 3.32. The van der Waals surface area contributed by atoms with Gasteiger partial charge in [-0.1, -0.05) is 15.9 Å². The summed E-state index contributed by atoms with van der Waals surface area (Å²) in [5.74, 6) is -1.92. The van der Waals surface area contributed by atoms with Crippen molar-refractivity contribution in [2.45, 2.75) is 4.83 Å². The molecule has 0 aliphatic carbocycles. The van der Waals surface area contributed by atoms with Crippen LogP contribution < -0.4 is 9.47 Å². The van der Waals surface area contributed by atoms with Crippen LogP contribution in [0, 0.1) is 17.5 Å². The van der Waals surface area contributed by atoms with Gasteiger partial charge in [0.05, 0.1) is 19.0 Å². The fourth-order valence-corrected chi connectivity index (χ4v) is 2.64. The molecule has 2 rings (SSSR count). The minimum absolute atomic E-state index is 0.272. The number of methoxy groups -OCH3 is 2. The van der Waals surface area contributed by atoms with Crippen LogP contribution in [0.5, 0.6) is 11.5 Å². The Morgan fingerprint density at radius 1 is 0.857 bits per heavy atom. The van der Waals surface area contributed by atoms with Crippen LogP contribution in [0.2, 0.25) is 0 Å². The Bertz CT molecular complexity index is 616. The number of benzene rings is 2. The van der Waals surface area contributed by atoms with E-state index in [1.165, 1.54) is 14.2 Å². The van der Waals surface area contributed by atoms with Crippen molar-refractivity contribution in [3.05, 3.63) is 58.9 Å². The molecular formula is C15H12BrF3O2. The van der Waals surface area contributed by atoms with Crippen LogP contribution in [0.3, 0.4) is 0 Å². The van der Waals surface area contributed by atoms with E-state index in [1.807, 2.05) is 0 Å². The molecule has 2 nitrogen and oxygen atoms in total. The molecular weight excluding hydrogens is 349 g/mol. The molecule has 2 aromatic rings. The van der Waals surface area contributed by atoms with Gasteiger partial charge < -0.3 is 9.47 Å². The zero-order valence-electron chi connectivity index (χ0n) is 11.3. The molecule has 1 unspecified atom stereocenters. The number of hydrogen-bond donors (Lipinski definition) is 0. The maximum Gasteiger partial charge on any atom is 0.133 e. The Hall–Kier alpha value is -1.69. The fraction of sp³-hybridized carbons (Fsp3) is 0.200. The normalized spacial score (nSPS) is 12.1. The predicted octanol–water partition coefficient (Wildman–Crippen LogP) is 4.61. The first-order valence-corrected chi connectivity index (χ1v) is 6.89. The summed E-state index contributed by atoms with van der Waals surface area (Å²) >= 11 is 3.23. The lowest BCUT2D eigenvalue weighted by molar-refractivity contribution is 0.393. The van der Waals surface area contributed by atoms with Crippen LogP contribution in [-0.4, -0.2) is 14.2 Å². The second-order valence-electron chi connectivity index (χ2n) is 4.29. The molecule has 2 aromatic carbocycles. The first kappa shape index (κ1) is 15.7. The van der Waals surface area contributed by atoms with Crippen molar-refractivity contribution in [2.75, 3.05) is 14.2 Å². The lowest BCUT2D eigenvalue weighted by Gasteiger charge is -2.15. The number of halogens is 4. The number of ether oxygens (including phenoxy) is 2. The van der Waals surface area contributed by atoms with Gasteiger partial charge in [-0.25, -0.2) is 13.2 Å². The van der Waals surface area contributed by atoms with Crippen LogP contribution in [0.15, 0.2) is 30.3 Å². The van der Waals surface area contributed by atoms with Crippen molar-refractivity contribution in [3.63, 3.8) is 0 Å². The fourth-order valence-electron chi connectivity index (χ4n) is 1.94. The van der Waals surface area contributed by atoms with Crippen molar-refractivity contribution >= 4 is 15.9 Å². The van der Waals surface area contributed by atoms with Crippen LogP contribution in [0.25, 0.3) is 0 Å². The van der Waals surface area contributed by atoms with Crippen LogP contribution in [-0.2, 0) is 0 Å². The Balaban J connectivity index is 2.52. The number of rotatable bonds is 4. The molecule has 6 heteroatoms. The SMILES string of the molecule is COc1cc(OC)cc(C(Br)c2c(F)cc(F)cc2F)c1. The highest BCUT2D eigenvalue weighted by Gasteiger charge is 2.22.